The van der Waals surface area contributed by atoms with Crippen LogP contribution in [0.5, 0.6) is 5.75 Å². The number of carboxylic acids is 1. The van der Waals surface area contributed by atoms with Crippen LogP contribution in [0.4, 0.5) is 5.69 Å². The summed E-state index contributed by atoms with van der Waals surface area (Å²) in [4.78, 5) is 22.7. The fourth-order valence-corrected chi connectivity index (χ4v) is 1.43. The summed E-state index contributed by atoms with van der Waals surface area (Å²) in [7, 11) is 1.59. The van der Waals surface area contributed by atoms with Crippen molar-refractivity contribution in [1.82, 2.24) is 0 Å². The zero-order chi connectivity index (χ0) is 15.8. The van der Waals surface area contributed by atoms with E-state index in [0.29, 0.717) is 24.7 Å². The first-order chi connectivity index (χ1) is 9.95. The van der Waals surface area contributed by atoms with Gasteiger partial charge in [-0.05, 0) is 38.1 Å². The highest BCUT2D eigenvalue weighted by Gasteiger charge is 2.12. The van der Waals surface area contributed by atoms with Gasteiger partial charge in [-0.15, -0.1) is 0 Å². The summed E-state index contributed by atoms with van der Waals surface area (Å²) in [5, 5.41) is 11.5. The predicted octanol–water partition coefficient (Wildman–Crippen LogP) is 2.07. The molecule has 0 saturated carbocycles. The number of ether oxygens (including phenoxy) is 2. The summed E-state index contributed by atoms with van der Waals surface area (Å²) in [6, 6.07) is 6.80. The molecule has 21 heavy (non-hydrogen) atoms. The van der Waals surface area contributed by atoms with Crippen molar-refractivity contribution in [3.8, 4) is 5.75 Å². The number of methoxy groups -OCH3 is 1. The number of carbonyl (C=O) groups is 2. The normalized spacial score (nSPS) is 11.6. The minimum Gasteiger partial charge on any atom is -0.491 e. The van der Waals surface area contributed by atoms with Crippen LogP contribution < -0.4 is 10.1 Å². The van der Waals surface area contributed by atoms with Gasteiger partial charge in [-0.2, -0.15) is 0 Å². The van der Waals surface area contributed by atoms with Gasteiger partial charge in [0, 0.05) is 23.9 Å². The van der Waals surface area contributed by atoms with Crippen molar-refractivity contribution in [1.29, 1.82) is 0 Å². The van der Waals surface area contributed by atoms with E-state index in [-0.39, 0.29) is 11.1 Å². The number of benzene rings is 1. The number of hydrogen-bond donors (Lipinski definition) is 2. The SMILES string of the molecule is COCCOc1ccc(NC(=O)C(C)=C(C)C(=O)O)cc1. The lowest BCUT2D eigenvalue weighted by Crippen LogP contribution is -2.16. The van der Waals surface area contributed by atoms with Crippen LogP contribution in [0.15, 0.2) is 35.4 Å². The fourth-order valence-electron chi connectivity index (χ4n) is 1.43. The largest absolute Gasteiger partial charge is 0.491 e. The molecule has 0 aromatic heterocycles. The van der Waals surface area contributed by atoms with Gasteiger partial charge in [0.15, 0.2) is 0 Å². The molecule has 1 amide bonds. The first-order valence-electron chi connectivity index (χ1n) is 6.39. The number of aliphatic carboxylic acids is 1. The van der Waals surface area contributed by atoms with E-state index in [4.69, 9.17) is 14.6 Å². The van der Waals surface area contributed by atoms with Crippen LogP contribution in [0.25, 0.3) is 0 Å². The van der Waals surface area contributed by atoms with Gasteiger partial charge in [0.05, 0.1) is 6.61 Å². The smallest absolute Gasteiger partial charge is 0.331 e. The molecule has 0 aliphatic rings. The molecule has 0 bridgehead atoms. The Morgan fingerprint density at radius 2 is 1.71 bits per heavy atom. The number of rotatable bonds is 7. The standard InChI is InChI=1S/C15H19NO5/c1-10(11(2)15(18)19)14(17)16-12-4-6-13(7-5-12)21-9-8-20-3/h4-7H,8-9H2,1-3H3,(H,16,17)(H,18,19). The zero-order valence-corrected chi connectivity index (χ0v) is 12.3. The van der Waals surface area contributed by atoms with Gasteiger partial charge in [-0.3, -0.25) is 4.79 Å². The molecule has 114 valence electrons. The molecule has 1 rings (SSSR count). The van der Waals surface area contributed by atoms with E-state index in [1.54, 1.807) is 31.4 Å². The van der Waals surface area contributed by atoms with Gasteiger partial charge in [-0.25, -0.2) is 4.79 Å². The van der Waals surface area contributed by atoms with E-state index in [0.717, 1.165) is 0 Å². The van der Waals surface area contributed by atoms with Crippen molar-refractivity contribution in [3.63, 3.8) is 0 Å². The van der Waals surface area contributed by atoms with Gasteiger partial charge in [-0.1, -0.05) is 0 Å². The van der Waals surface area contributed by atoms with Gasteiger partial charge in [0.25, 0.3) is 5.91 Å². The van der Waals surface area contributed by atoms with Gasteiger partial charge in [0.1, 0.15) is 12.4 Å². The van der Waals surface area contributed by atoms with Crippen molar-refractivity contribution in [2.75, 3.05) is 25.6 Å². The Morgan fingerprint density at radius 1 is 1.10 bits per heavy atom. The van der Waals surface area contributed by atoms with Crippen LogP contribution in [-0.4, -0.2) is 37.3 Å². The van der Waals surface area contributed by atoms with Crippen LogP contribution in [-0.2, 0) is 14.3 Å². The minimum atomic E-state index is -1.11. The lowest BCUT2D eigenvalue weighted by molar-refractivity contribution is -0.133. The highest BCUT2D eigenvalue weighted by atomic mass is 16.5. The fraction of sp³-hybridized carbons (Fsp3) is 0.333. The number of anilines is 1. The van der Waals surface area contributed by atoms with E-state index in [2.05, 4.69) is 5.32 Å². The molecule has 0 spiro atoms. The quantitative estimate of drug-likeness (QED) is 0.594. The Hall–Kier alpha value is -2.34. The summed E-state index contributed by atoms with van der Waals surface area (Å²) >= 11 is 0. The highest BCUT2D eigenvalue weighted by molar-refractivity contribution is 6.08. The lowest BCUT2D eigenvalue weighted by Gasteiger charge is -2.09. The third kappa shape index (κ3) is 5.27. The first-order valence-corrected chi connectivity index (χ1v) is 6.39. The third-order valence-corrected chi connectivity index (χ3v) is 2.89. The van der Waals surface area contributed by atoms with Crippen LogP contribution in [0.2, 0.25) is 0 Å². The molecule has 0 radical (unpaired) electrons. The van der Waals surface area contributed by atoms with Crippen molar-refractivity contribution in [2.24, 2.45) is 0 Å². The minimum absolute atomic E-state index is 0.0204. The summed E-state index contributed by atoms with van der Waals surface area (Å²) in [5.41, 5.74) is 0.756. The molecule has 0 aliphatic heterocycles. The number of hydrogen-bond acceptors (Lipinski definition) is 4. The molecule has 0 atom stereocenters. The number of carboxylic acid groups (broad SMARTS) is 1. The molecule has 2 N–H and O–H groups in total. The first kappa shape index (κ1) is 16.7. The molecule has 0 aliphatic carbocycles. The molecule has 1 aromatic carbocycles. The zero-order valence-electron chi connectivity index (χ0n) is 12.3. The van der Waals surface area contributed by atoms with Gasteiger partial charge in [0.2, 0.25) is 0 Å². The second kappa shape index (κ2) is 8.06. The molecule has 0 saturated heterocycles. The summed E-state index contributed by atoms with van der Waals surface area (Å²) < 4.78 is 10.3. The van der Waals surface area contributed by atoms with E-state index >= 15 is 0 Å². The number of carbonyl (C=O) groups excluding carboxylic acids is 1. The van der Waals surface area contributed by atoms with Crippen molar-refractivity contribution < 1.29 is 24.2 Å². The van der Waals surface area contributed by atoms with Crippen LogP contribution in [0, 0.1) is 0 Å². The highest BCUT2D eigenvalue weighted by Crippen LogP contribution is 2.16. The van der Waals surface area contributed by atoms with E-state index in [1.165, 1.54) is 13.8 Å². The second-order valence-electron chi connectivity index (χ2n) is 4.37. The molecule has 0 heterocycles. The van der Waals surface area contributed by atoms with Crippen LogP contribution >= 0.6 is 0 Å². The van der Waals surface area contributed by atoms with Gasteiger partial charge < -0.3 is 19.9 Å². The van der Waals surface area contributed by atoms with E-state index in [9.17, 15) is 9.59 Å². The summed E-state index contributed by atoms with van der Waals surface area (Å²) in [6.07, 6.45) is 0. The lowest BCUT2D eigenvalue weighted by atomic mass is 10.1. The topological polar surface area (TPSA) is 84.9 Å². The Balaban J connectivity index is 2.65. The predicted molar refractivity (Wildman–Crippen MR) is 78.5 cm³/mol. The molecule has 6 heteroatoms. The average molecular weight is 293 g/mol. The van der Waals surface area contributed by atoms with Crippen molar-refractivity contribution in [3.05, 3.63) is 35.4 Å². The molecule has 1 aromatic rings. The van der Waals surface area contributed by atoms with Gasteiger partial charge >= 0.3 is 5.97 Å². The van der Waals surface area contributed by atoms with Crippen molar-refractivity contribution >= 4 is 17.6 Å². The maximum atomic E-state index is 11.9. The summed E-state index contributed by atoms with van der Waals surface area (Å²) in [5.74, 6) is -0.883. The average Bonchev–Trinajstić information content (AvgIpc) is 2.47. The Kier molecular flexibility index (Phi) is 6.42. The summed E-state index contributed by atoms with van der Waals surface area (Å²) in [6.45, 7) is 3.81. The van der Waals surface area contributed by atoms with E-state index in [1.807, 2.05) is 0 Å². The molecular weight excluding hydrogens is 274 g/mol. The third-order valence-electron chi connectivity index (χ3n) is 2.89. The van der Waals surface area contributed by atoms with Crippen LogP contribution in [0.1, 0.15) is 13.8 Å². The maximum absolute atomic E-state index is 11.9. The Labute approximate surface area is 123 Å². The maximum Gasteiger partial charge on any atom is 0.331 e. The van der Waals surface area contributed by atoms with Crippen LogP contribution in [0.3, 0.4) is 0 Å². The molecule has 0 fully saturated rings. The monoisotopic (exact) mass is 293 g/mol. The number of nitrogens with one attached hydrogen (secondary N) is 1. The molecule has 6 nitrogen and oxygen atoms in total. The second-order valence-corrected chi connectivity index (χ2v) is 4.37. The molecule has 0 unspecified atom stereocenters. The van der Waals surface area contributed by atoms with E-state index < -0.39 is 11.9 Å². The number of amides is 1. The Bertz CT molecular complexity index is 533. The molecular formula is C15H19NO5. The Morgan fingerprint density at radius 3 is 2.24 bits per heavy atom. The van der Waals surface area contributed by atoms with Crippen molar-refractivity contribution in [2.45, 2.75) is 13.8 Å².